The highest BCUT2D eigenvalue weighted by atomic mass is 19.1. The largest absolute Gasteiger partial charge is 0.464 e. The number of halogens is 1. The third kappa shape index (κ3) is 2.15. The minimum absolute atomic E-state index is 0.0246. The van der Waals surface area contributed by atoms with Crippen LogP contribution in [0.5, 0.6) is 0 Å². The van der Waals surface area contributed by atoms with Crippen LogP contribution in [0.15, 0.2) is 24.3 Å². The summed E-state index contributed by atoms with van der Waals surface area (Å²) in [5.74, 6) is -2.20. The molecular weight excluding hydrogens is 305 g/mol. The van der Waals surface area contributed by atoms with Crippen LogP contribution in [0, 0.1) is 0 Å². The molecule has 0 spiro atoms. The molecule has 1 fully saturated rings. The molecule has 0 saturated heterocycles. The lowest BCUT2D eigenvalue weighted by Gasteiger charge is -2.34. The topological polar surface area (TPSA) is 83.9 Å². The number of esters is 1. The number of imide groups is 1. The maximum Gasteiger partial charge on any atom is 0.332 e. The highest BCUT2D eigenvalue weighted by molar-refractivity contribution is 6.23. The predicted molar refractivity (Wildman–Crippen MR) is 76.4 cm³/mol. The van der Waals surface area contributed by atoms with Gasteiger partial charge in [-0.2, -0.15) is 0 Å². The minimum atomic E-state index is -1.80. The van der Waals surface area contributed by atoms with E-state index >= 15 is 0 Å². The summed E-state index contributed by atoms with van der Waals surface area (Å²) in [5.41, 5.74) is -1.47. The molecule has 1 aromatic rings. The summed E-state index contributed by atoms with van der Waals surface area (Å²) in [6.07, 6.45) is -3.95. The first-order chi connectivity index (χ1) is 10.9. The monoisotopic (exact) mass is 321 g/mol. The van der Waals surface area contributed by atoms with Gasteiger partial charge in [0.1, 0.15) is 6.17 Å². The number of rotatable bonds is 3. The molecule has 3 rings (SSSR count). The normalized spacial score (nSPS) is 29.8. The molecule has 1 saturated carbocycles. The van der Waals surface area contributed by atoms with Crippen molar-refractivity contribution in [2.75, 3.05) is 6.61 Å². The van der Waals surface area contributed by atoms with Gasteiger partial charge >= 0.3 is 5.97 Å². The Morgan fingerprint density at radius 2 is 1.87 bits per heavy atom. The van der Waals surface area contributed by atoms with Gasteiger partial charge in [-0.3, -0.25) is 14.5 Å². The van der Waals surface area contributed by atoms with E-state index in [1.165, 1.54) is 12.1 Å². The van der Waals surface area contributed by atoms with Crippen LogP contribution in [0.1, 0.15) is 40.5 Å². The lowest BCUT2D eigenvalue weighted by atomic mass is 9.94. The van der Waals surface area contributed by atoms with Gasteiger partial charge in [-0.05, 0) is 19.1 Å². The molecule has 122 valence electrons. The molecule has 1 aliphatic carbocycles. The Morgan fingerprint density at radius 1 is 1.30 bits per heavy atom. The van der Waals surface area contributed by atoms with Crippen LogP contribution in [-0.4, -0.2) is 52.2 Å². The van der Waals surface area contributed by atoms with Crippen molar-refractivity contribution in [3.63, 3.8) is 0 Å². The van der Waals surface area contributed by atoms with Crippen LogP contribution >= 0.6 is 0 Å². The van der Waals surface area contributed by atoms with Crippen molar-refractivity contribution in [1.82, 2.24) is 4.90 Å². The number of benzene rings is 1. The lowest BCUT2D eigenvalue weighted by molar-refractivity contribution is -0.155. The van der Waals surface area contributed by atoms with E-state index < -0.39 is 42.0 Å². The first kappa shape index (κ1) is 15.6. The van der Waals surface area contributed by atoms with Crippen LogP contribution in [-0.2, 0) is 9.53 Å². The highest BCUT2D eigenvalue weighted by Gasteiger charge is 2.60. The van der Waals surface area contributed by atoms with Gasteiger partial charge in [-0.25, -0.2) is 9.18 Å². The van der Waals surface area contributed by atoms with Crippen LogP contribution < -0.4 is 0 Å². The maximum absolute atomic E-state index is 13.9. The summed E-state index contributed by atoms with van der Waals surface area (Å²) >= 11 is 0. The highest BCUT2D eigenvalue weighted by Crippen LogP contribution is 2.42. The molecule has 1 aromatic carbocycles. The molecule has 3 atom stereocenters. The fraction of sp³-hybridized carbons (Fsp3) is 0.438. The van der Waals surface area contributed by atoms with Crippen LogP contribution in [0.4, 0.5) is 4.39 Å². The first-order valence-corrected chi connectivity index (χ1v) is 7.39. The van der Waals surface area contributed by atoms with Crippen molar-refractivity contribution in [2.24, 2.45) is 0 Å². The molecule has 1 aliphatic heterocycles. The van der Waals surface area contributed by atoms with Gasteiger partial charge in [-0.15, -0.1) is 0 Å². The summed E-state index contributed by atoms with van der Waals surface area (Å²) in [5, 5.41) is 9.77. The molecule has 0 bridgehead atoms. The van der Waals surface area contributed by atoms with E-state index in [1.54, 1.807) is 19.1 Å². The fourth-order valence-electron chi connectivity index (χ4n) is 3.30. The standard InChI is InChI=1S/C16H16FNO5/c1-2-23-15(22)16(7-11(17)12(19)8-16)18-13(20)9-5-3-4-6-10(9)14(18)21/h3-6,11-12,19H,2,7-8H2,1H3. The van der Waals surface area contributed by atoms with Crippen molar-refractivity contribution in [3.8, 4) is 0 Å². The van der Waals surface area contributed by atoms with E-state index in [0.717, 1.165) is 4.90 Å². The van der Waals surface area contributed by atoms with E-state index in [2.05, 4.69) is 0 Å². The molecule has 0 aromatic heterocycles. The Kier molecular flexibility index (Phi) is 3.68. The second kappa shape index (κ2) is 5.42. The van der Waals surface area contributed by atoms with E-state index in [9.17, 15) is 23.9 Å². The van der Waals surface area contributed by atoms with Crippen LogP contribution in [0.25, 0.3) is 0 Å². The number of amides is 2. The Balaban J connectivity index is 2.08. The molecule has 2 amide bonds. The molecule has 0 radical (unpaired) electrons. The molecule has 2 aliphatic rings. The number of carbonyl (C=O) groups is 3. The Morgan fingerprint density at radius 3 is 2.30 bits per heavy atom. The average molecular weight is 321 g/mol. The predicted octanol–water partition coefficient (Wildman–Crippen LogP) is 1.08. The summed E-state index contributed by atoms with van der Waals surface area (Å²) in [6, 6.07) is 6.16. The Hall–Kier alpha value is -2.28. The zero-order chi connectivity index (χ0) is 16.8. The zero-order valence-corrected chi connectivity index (χ0v) is 12.5. The third-order valence-electron chi connectivity index (χ3n) is 4.37. The molecular formula is C16H16FNO5. The van der Waals surface area contributed by atoms with Gasteiger partial charge in [0.05, 0.1) is 23.8 Å². The molecule has 6 nitrogen and oxygen atoms in total. The van der Waals surface area contributed by atoms with Crippen LogP contribution in [0.2, 0.25) is 0 Å². The van der Waals surface area contributed by atoms with E-state index in [-0.39, 0.29) is 24.2 Å². The van der Waals surface area contributed by atoms with E-state index in [4.69, 9.17) is 4.74 Å². The lowest BCUT2D eigenvalue weighted by Crippen LogP contribution is -2.56. The zero-order valence-electron chi connectivity index (χ0n) is 12.5. The van der Waals surface area contributed by atoms with Gasteiger partial charge in [0.25, 0.3) is 11.8 Å². The van der Waals surface area contributed by atoms with E-state index in [0.29, 0.717) is 0 Å². The Labute approximate surface area is 131 Å². The van der Waals surface area contributed by atoms with Gasteiger partial charge < -0.3 is 9.84 Å². The van der Waals surface area contributed by atoms with Gasteiger partial charge in [0, 0.05) is 12.8 Å². The van der Waals surface area contributed by atoms with Gasteiger partial charge in [-0.1, -0.05) is 12.1 Å². The van der Waals surface area contributed by atoms with Crippen LogP contribution in [0.3, 0.4) is 0 Å². The van der Waals surface area contributed by atoms with Gasteiger partial charge in [0.2, 0.25) is 0 Å². The second-order valence-corrected chi connectivity index (χ2v) is 5.73. The van der Waals surface area contributed by atoms with Gasteiger partial charge in [0.15, 0.2) is 5.54 Å². The molecule has 3 unspecified atom stereocenters. The summed E-state index contributed by atoms with van der Waals surface area (Å²) in [7, 11) is 0. The minimum Gasteiger partial charge on any atom is -0.464 e. The molecule has 1 heterocycles. The number of carbonyl (C=O) groups excluding carboxylic acids is 3. The molecule has 7 heteroatoms. The molecule has 1 N–H and O–H groups in total. The number of aliphatic hydroxyl groups excluding tert-OH is 1. The van der Waals surface area contributed by atoms with Crippen molar-refractivity contribution < 1.29 is 28.6 Å². The molecule has 23 heavy (non-hydrogen) atoms. The number of hydrogen-bond acceptors (Lipinski definition) is 5. The summed E-state index contributed by atoms with van der Waals surface area (Å²) in [4.78, 5) is 38.4. The maximum atomic E-state index is 13.9. The van der Waals surface area contributed by atoms with Crippen molar-refractivity contribution in [3.05, 3.63) is 35.4 Å². The van der Waals surface area contributed by atoms with Crippen molar-refractivity contribution in [1.29, 1.82) is 0 Å². The number of ether oxygens (including phenoxy) is 1. The number of hydrogen-bond donors (Lipinski definition) is 1. The third-order valence-corrected chi connectivity index (χ3v) is 4.37. The summed E-state index contributed by atoms with van der Waals surface area (Å²) in [6.45, 7) is 1.60. The first-order valence-electron chi connectivity index (χ1n) is 7.39. The smallest absolute Gasteiger partial charge is 0.332 e. The fourth-order valence-corrected chi connectivity index (χ4v) is 3.30. The second-order valence-electron chi connectivity index (χ2n) is 5.73. The summed E-state index contributed by atoms with van der Waals surface area (Å²) < 4.78 is 18.9. The number of aliphatic hydroxyl groups is 1. The van der Waals surface area contributed by atoms with Crippen molar-refractivity contribution >= 4 is 17.8 Å². The van der Waals surface area contributed by atoms with Crippen molar-refractivity contribution in [2.45, 2.75) is 37.6 Å². The number of nitrogens with zero attached hydrogens (tertiary/aromatic N) is 1. The van der Waals surface area contributed by atoms with E-state index in [1.807, 2.05) is 0 Å². The Bertz CT molecular complexity index is 644. The quantitative estimate of drug-likeness (QED) is 0.665. The number of alkyl halides is 1. The SMILES string of the molecule is CCOC(=O)C1(N2C(=O)c3ccccc3C2=O)CC(O)C(F)C1. The average Bonchev–Trinajstić information content (AvgIpc) is 2.96. The number of fused-ring (bicyclic) bond motifs is 1.